The third-order valence-corrected chi connectivity index (χ3v) is 4.94. The van der Waals surface area contributed by atoms with E-state index in [0.717, 1.165) is 13.1 Å². The minimum Gasteiger partial charge on any atom is -0.352 e. The lowest BCUT2D eigenvalue weighted by Crippen LogP contribution is -2.45. The average molecular weight is 265 g/mol. The maximum atomic E-state index is 12.1. The van der Waals surface area contributed by atoms with E-state index >= 15 is 0 Å². The molecule has 4 nitrogen and oxygen atoms in total. The van der Waals surface area contributed by atoms with Crippen LogP contribution in [0.15, 0.2) is 0 Å². The van der Waals surface area contributed by atoms with Crippen LogP contribution in [0.1, 0.15) is 51.4 Å². The van der Waals surface area contributed by atoms with E-state index in [4.69, 9.17) is 0 Å². The first kappa shape index (κ1) is 13.4. The predicted molar refractivity (Wildman–Crippen MR) is 76.0 cm³/mol. The third-order valence-electron chi connectivity index (χ3n) is 4.94. The number of carbonyl (C=O) groups is 1. The first-order chi connectivity index (χ1) is 9.29. The van der Waals surface area contributed by atoms with Crippen LogP contribution in [0.5, 0.6) is 0 Å². The van der Waals surface area contributed by atoms with Crippen LogP contribution in [0.3, 0.4) is 0 Å². The highest BCUT2D eigenvalue weighted by Gasteiger charge is 2.30. The van der Waals surface area contributed by atoms with Crippen molar-refractivity contribution in [2.24, 2.45) is 0 Å². The fourth-order valence-electron chi connectivity index (χ4n) is 3.88. The van der Waals surface area contributed by atoms with Gasteiger partial charge >= 0.3 is 0 Å². The Morgan fingerprint density at radius 3 is 2.68 bits per heavy atom. The SMILES string of the molecule is O=C(CN1CCC2CCC(C1)N2)NC1CCCCC1. The number of likely N-dealkylation sites (tertiary alicyclic amines) is 1. The quantitative estimate of drug-likeness (QED) is 0.807. The monoisotopic (exact) mass is 265 g/mol. The molecular formula is C15H27N3O. The molecule has 0 aromatic carbocycles. The number of rotatable bonds is 3. The summed E-state index contributed by atoms with van der Waals surface area (Å²) in [5.74, 6) is 0.240. The Balaban J connectivity index is 1.43. The first-order valence-electron chi connectivity index (χ1n) is 8.07. The Morgan fingerprint density at radius 1 is 1.05 bits per heavy atom. The minimum absolute atomic E-state index is 0.240. The Hall–Kier alpha value is -0.610. The molecule has 3 rings (SSSR count). The van der Waals surface area contributed by atoms with Crippen LogP contribution in [-0.4, -0.2) is 48.6 Å². The molecule has 19 heavy (non-hydrogen) atoms. The molecule has 1 aliphatic carbocycles. The smallest absolute Gasteiger partial charge is 0.234 e. The zero-order chi connectivity index (χ0) is 13.1. The summed E-state index contributed by atoms with van der Waals surface area (Å²) in [7, 11) is 0. The maximum absolute atomic E-state index is 12.1. The van der Waals surface area contributed by atoms with Crippen molar-refractivity contribution in [2.75, 3.05) is 19.6 Å². The van der Waals surface area contributed by atoms with Gasteiger partial charge in [-0.05, 0) is 32.1 Å². The van der Waals surface area contributed by atoms with Gasteiger partial charge in [-0.1, -0.05) is 19.3 Å². The molecule has 2 bridgehead atoms. The van der Waals surface area contributed by atoms with E-state index in [2.05, 4.69) is 15.5 Å². The lowest BCUT2D eigenvalue weighted by Gasteiger charge is -2.26. The number of amides is 1. The second-order valence-corrected chi connectivity index (χ2v) is 6.56. The van der Waals surface area contributed by atoms with Crippen LogP contribution in [0.4, 0.5) is 0 Å². The molecule has 2 aliphatic heterocycles. The molecule has 0 spiro atoms. The van der Waals surface area contributed by atoms with E-state index in [0.29, 0.717) is 24.7 Å². The summed E-state index contributed by atoms with van der Waals surface area (Å²) in [5.41, 5.74) is 0. The second-order valence-electron chi connectivity index (χ2n) is 6.56. The van der Waals surface area contributed by atoms with Crippen LogP contribution < -0.4 is 10.6 Å². The Morgan fingerprint density at radius 2 is 1.84 bits per heavy atom. The highest BCUT2D eigenvalue weighted by molar-refractivity contribution is 5.78. The molecule has 2 saturated heterocycles. The summed E-state index contributed by atoms with van der Waals surface area (Å²) in [5, 5.41) is 6.89. The Labute approximate surface area is 116 Å². The molecule has 2 heterocycles. The molecule has 0 radical (unpaired) electrons. The van der Waals surface area contributed by atoms with Gasteiger partial charge in [-0.25, -0.2) is 0 Å². The number of nitrogens with one attached hydrogen (secondary N) is 2. The Bertz CT molecular complexity index is 315. The van der Waals surface area contributed by atoms with Crippen molar-refractivity contribution in [3.63, 3.8) is 0 Å². The van der Waals surface area contributed by atoms with Crippen molar-refractivity contribution in [1.29, 1.82) is 0 Å². The molecule has 108 valence electrons. The van der Waals surface area contributed by atoms with E-state index in [1.807, 2.05) is 0 Å². The van der Waals surface area contributed by atoms with E-state index in [1.54, 1.807) is 0 Å². The summed E-state index contributed by atoms with van der Waals surface area (Å²) < 4.78 is 0. The van der Waals surface area contributed by atoms with Gasteiger partial charge < -0.3 is 10.6 Å². The van der Waals surface area contributed by atoms with E-state index in [9.17, 15) is 4.79 Å². The summed E-state index contributed by atoms with van der Waals surface area (Å²) in [6.45, 7) is 2.72. The molecule has 3 aliphatic rings. The molecule has 2 N–H and O–H groups in total. The lowest BCUT2D eigenvalue weighted by molar-refractivity contribution is -0.123. The van der Waals surface area contributed by atoms with Crippen molar-refractivity contribution in [3.05, 3.63) is 0 Å². The van der Waals surface area contributed by atoms with Crippen molar-refractivity contribution in [3.8, 4) is 0 Å². The van der Waals surface area contributed by atoms with Gasteiger partial charge in [0.15, 0.2) is 0 Å². The summed E-state index contributed by atoms with van der Waals surface area (Å²) >= 11 is 0. The molecule has 0 aromatic heterocycles. The van der Waals surface area contributed by atoms with Gasteiger partial charge in [0.05, 0.1) is 6.54 Å². The number of hydrogen-bond donors (Lipinski definition) is 2. The van der Waals surface area contributed by atoms with Gasteiger partial charge in [-0.2, -0.15) is 0 Å². The predicted octanol–water partition coefficient (Wildman–Crippen LogP) is 1.26. The normalized spacial score (nSPS) is 33.1. The molecule has 0 aromatic rings. The van der Waals surface area contributed by atoms with Crippen molar-refractivity contribution < 1.29 is 4.79 Å². The molecule has 2 atom stereocenters. The number of carbonyl (C=O) groups excluding carboxylic acids is 1. The van der Waals surface area contributed by atoms with E-state index < -0.39 is 0 Å². The van der Waals surface area contributed by atoms with Gasteiger partial charge in [-0.3, -0.25) is 9.69 Å². The fraction of sp³-hybridized carbons (Fsp3) is 0.933. The number of hydrogen-bond acceptors (Lipinski definition) is 3. The van der Waals surface area contributed by atoms with Crippen LogP contribution in [-0.2, 0) is 4.79 Å². The van der Waals surface area contributed by atoms with E-state index in [1.165, 1.54) is 51.4 Å². The number of nitrogens with zero attached hydrogens (tertiary/aromatic N) is 1. The lowest BCUT2D eigenvalue weighted by atomic mass is 9.95. The minimum atomic E-state index is 0.240. The Kier molecular flexibility index (Phi) is 4.38. The molecule has 1 amide bonds. The zero-order valence-electron chi connectivity index (χ0n) is 11.9. The van der Waals surface area contributed by atoms with Crippen molar-refractivity contribution >= 4 is 5.91 Å². The van der Waals surface area contributed by atoms with Gasteiger partial charge in [0, 0.05) is 31.2 Å². The molecule has 2 unspecified atom stereocenters. The van der Waals surface area contributed by atoms with Crippen molar-refractivity contribution in [1.82, 2.24) is 15.5 Å². The first-order valence-corrected chi connectivity index (χ1v) is 8.07. The third kappa shape index (κ3) is 3.69. The fourth-order valence-corrected chi connectivity index (χ4v) is 3.88. The summed E-state index contributed by atoms with van der Waals surface area (Å²) in [6.07, 6.45) is 10.1. The average Bonchev–Trinajstić information content (AvgIpc) is 2.74. The molecule has 3 fully saturated rings. The van der Waals surface area contributed by atoms with Crippen LogP contribution in [0, 0.1) is 0 Å². The summed E-state index contributed by atoms with van der Waals surface area (Å²) in [6, 6.07) is 1.77. The van der Waals surface area contributed by atoms with Crippen molar-refractivity contribution in [2.45, 2.75) is 69.5 Å². The highest BCUT2D eigenvalue weighted by atomic mass is 16.2. The van der Waals surface area contributed by atoms with Gasteiger partial charge in [0.2, 0.25) is 5.91 Å². The zero-order valence-corrected chi connectivity index (χ0v) is 11.9. The van der Waals surface area contributed by atoms with Gasteiger partial charge in [0.1, 0.15) is 0 Å². The molecular weight excluding hydrogens is 238 g/mol. The number of fused-ring (bicyclic) bond motifs is 2. The van der Waals surface area contributed by atoms with Crippen LogP contribution in [0.2, 0.25) is 0 Å². The standard InChI is InChI=1S/C15H27N3O/c19-15(17-12-4-2-1-3-5-12)11-18-9-8-13-6-7-14(10-18)16-13/h12-14,16H,1-11H2,(H,17,19). The largest absolute Gasteiger partial charge is 0.352 e. The molecule has 1 saturated carbocycles. The topological polar surface area (TPSA) is 44.4 Å². The summed E-state index contributed by atoms with van der Waals surface area (Å²) in [4.78, 5) is 14.5. The van der Waals surface area contributed by atoms with Gasteiger partial charge in [-0.15, -0.1) is 0 Å². The van der Waals surface area contributed by atoms with Crippen LogP contribution in [0.25, 0.3) is 0 Å². The van der Waals surface area contributed by atoms with Crippen LogP contribution >= 0.6 is 0 Å². The van der Waals surface area contributed by atoms with E-state index in [-0.39, 0.29) is 5.91 Å². The second kappa shape index (κ2) is 6.23. The van der Waals surface area contributed by atoms with Gasteiger partial charge in [0.25, 0.3) is 0 Å². The highest BCUT2D eigenvalue weighted by Crippen LogP contribution is 2.20. The maximum Gasteiger partial charge on any atom is 0.234 e. The molecule has 4 heteroatoms.